The number of benzene rings is 1. The number of carbonyl (C=O) groups excluding carboxylic acids is 1. The van der Waals surface area contributed by atoms with Gasteiger partial charge in [-0.1, -0.05) is 6.92 Å². The average molecular weight is 285 g/mol. The molecular formula is C17H23N3O. The first-order valence-electron chi connectivity index (χ1n) is 7.91. The van der Waals surface area contributed by atoms with Crippen LogP contribution in [0.5, 0.6) is 0 Å². The van der Waals surface area contributed by atoms with Gasteiger partial charge in [0.1, 0.15) is 5.82 Å². The van der Waals surface area contributed by atoms with E-state index in [-0.39, 0.29) is 5.91 Å². The number of aromatic nitrogens is 2. The number of nitrogens with one attached hydrogen (secondary N) is 1. The van der Waals surface area contributed by atoms with Crippen molar-refractivity contribution in [2.45, 2.75) is 58.5 Å². The quantitative estimate of drug-likeness (QED) is 0.917. The molecule has 1 fully saturated rings. The van der Waals surface area contributed by atoms with Crippen LogP contribution >= 0.6 is 0 Å². The Morgan fingerprint density at radius 3 is 2.71 bits per heavy atom. The maximum Gasteiger partial charge on any atom is 0.254 e. The summed E-state index contributed by atoms with van der Waals surface area (Å²) in [4.78, 5) is 22.7. The van der Waals surface area contributed by atoms with Gasteiger partial charge in [-0.15, -0.1) is 0 Å². The zero-order valence-electron chi connectivity index (χ0n) is 13.0. The molecule has 1 aliphatic rings. The fraction of sp³-hybridized carbons (Fsp3) is 0.529. The topological polar surface area (TPSA) is 49.0 Å². The molecule has 0 aliphatic carbocycles. The molecule has 1 aromatic carbocycles. The maximum absolute atomic E-state index is 12.8. The van der Waals surface area contributed by atoms with Gasteiger partial charge in [-0.25, -0.2) is 4.98 Å². The van der Waals surface area contributed by atoms with Crippen LogP contribution in [0.15, 0.2) is 18.2 Å². The third kappa shape index (κ3) is 2.55. The lowest BCUT2D eigenvalue weighted by molar-refractivity contribution is 0.0511. The molecule has 1 aromatic heterocycles. The van der Waals surface area contributed by atoms with Gasteiger partial charge in [-0.3, -0.25) is 4.79 Å². The molecule has 21 heavy (non-hydrogen) atoms. The van der Waals surface area contributed by atoms with Gasteiger partial charge in [-0.2, -0.15) is 0 Å². The van der Waals surface area contributed by atoms with Crippen molar-refractivity contribution in [3.8, 4) is 0 Å². The van der Waals surface area contributed by atoms with E-state index in [1.807, 2.05) is 23.1 Å². The van der Waals surface area contributed by atoms with Crippen LogP contribution in [0.1, 0.15) is 56.2 Å². The van der Waals surface area contributed by atoms with Crippen LogP contribution in [0, 0.1) is 0 Å². The molecule has 4 heteroatoms. The van der Waals surface area contributed by atoms with Crippen molar-refractivity contribution in [3.63, 3.8) is 0 Å². The summed E-state index contributed by atoms with van der Waals surface area (Å²) in [7, 11) is 0. The summed E-state index contributed by atoms with van der Waals surface area (Å²) in [5.74, 6) is 1.11. The molecule has 1 aliphatic heterocycles. The van der Waals surface area contributed by atoms with Crippen LogP contribution in [-0.2, 0) is 6.42 Å². The van der Waals surface area contributed by atoms with Gasteiger partial charge < -0.3 is 9.88 Å². The van der Waals surface area contributed by atoms with Gasteiger partial charge >= 0.3 is 0 Å². The van der Waals surface area contributed by atoms with Crippen LogP contribution < -0.4 is 0 Å². The molecule has 0 radical (unpaired) electrons. The molecule has 2 heterocycles. The monoisotopic (exact) mass is 285 g/mol. The summed E-state index contributed by atoms with van der Waals surface area (Å²) < 4.78 is 0. The van der Waals surface area contributed by atoms with E-state index in [1.54, 1.807) is 0 Å². The summed E-state index contributed by atoms with van der Waals surface area (Å²) >= 11 is 0. The van der Waals surface area contributed by atoms with Crippen LogP contribution in [0.25, 0.3) is 11.0 Å². The molecule has 0 saturated carbocycles. The van der Waals surface area contributed by atoms with Gasteiger partial charge in [0.25, 0.3) is 5.91 Å². The van der Waals surface area contributed by atoms with E-state index in [9.17, 15) is 4.79 Å². The first kappa shape index (κ1) is 14.1. The van der Waals surface area contributed by atoms with Crippen LogP contribution in [0.3, 0.4) is 0 Å². The normalized spacial score (nSPS) is 22.7. The Bertz CT molecular complexity index is 651. The predicted molar refractivity (Wildman–Crippen MR) is 84.4 cm³/mol. The van der Waals surface area contributed by atoms with Gasteiger partial charge in [0.15, 0.2) is 0 Å². The van der Waals surface area contributed by atoms with E-state index in [4.69, 9.17) is 0 Å². The first-order chi connectivity index (χ1) is 10.1. The second-order valence-electron chi connectivity index (χ2n) is 6.11. The first-order valence-corrected chi connectivity index (χ1v) is 7.91. The lowest BCUT2D eigenvalue weighted by Gasteiger charge is -2.39. The number of carbonyl (C=O) groups is 1. The molecule has 2 atom stereocenters. The molecule has 112 valence electrons. The molecule has 2 aromatic rings. The van der Waals surface area contributed by atoms with E-state index in [1.165, 1.54) is 6.42 Å². The number of imidazole rings is 1. The minimum Gasteiger partial charge on any atom is -0.342 e. The fourth-order valence-corrected chi connectivity index (χ4v) is 3.33. The lowest BCUT2D eigenvalue weighted by atomic mass is 9.96. The number of aryl methyl sites for hydroxylation is 1. The minimum absolute atomic E-state index is 0.143. The Morgan fingerprint density at radius 2 is 2.05 bits per heavy atom. The Labute approximate surface area is 125 Å². The largest absolute Gasteiger partial charge is 0.342 e. The molecule has 1 amide bonds. The van der Waals surface area contributed by atoms with E-state index in [0.717, 1.165) is 41.7 Å². The zero-order chi connectivity index (χ0) is 15.0. The Balaban J connectivity index is 1.93. The number of likely N-dealkylation sites (tertiary alicyclic amines) is 1. The van der Waals surface area contributed by atoms with Crippen LogP contribution in [0.2, 0.25) is 0 Å². The van der Waals surface area contributed by atoms with Crippen molar-refractivity contribution in [2.24, 2.45) is 0 Å². The van der Waals surface area contributed by atoms with Crippen LogP contribution in [0.4, 0.5) is 0 Å². The number of fused-ring (bicyclic) bond motifs is 1. The highest BCUT2D eigenvalue weighted by Gasteiger charge is 2.29. The van der Waals surface area contributed by atoms with Crippen molar-refractivity contribution >= 4 is 16.9 Å². The highest BCUT2D eigenvalue weighted by atomic mass is 16.2. The highest BCUT2D eigenvalue weighted by molar-refractivity contribution is 5.97. The van der Waals surface area contributed by atoms with E-state index in [0.29, 0.717) is 12.1 Å². The standard InChI is InChI=1S/C17H23N3O/c1-4-16-18-14-9-8-13(10-15(14)19-16)17(21)20-11(2)6-5-7-12(20)3/h8-12H,4-7H2,1-3H3,(H,18,19). The average Bonchev–Trinajstić information content (AvgIpc) is 2.89. The summed E-state index contributed by atoms with van der Waals surface area (Å²) in [6.45, 7) is 6.37. The Morgan fingerprint density at radius 1 is 1.33 bits per heavy atom. The number of piperidine rings is 1. The zero-order valence-corrected chi connectivity index (χ0v) is 13.0. The van der Waals surface area contributed by atoms with Gasteiger partial charge in [-0.05, 0) is 51.3 Å². The van der Waals surface area contributed by atoms with E-state index >= 15 is 0 Å². The maximum atomic E-state index is 12.8. The number of nitrogens with zero attached hydrogens (tertiary/aromatic N) is 2. The van der Waals surface area contributed by atoms with E-state index < -0.39 is 0 Å². The molecule has 0 bridgehead atoms. The molecule has 1 saturated heterocycles. The third-order valence-electron chi connectivity index (χ3n) is 4.54. The number of hydrogen-bond donors (Lipinski definition) is 1. The Hall–Kier alpha value is -1.84. The molecule has 0 spiro atoms. The second kappa shape index (κ2) is 5.51. The van der Waals surface area contributed by atoms with Crippen molar-refractivity contribution < 1.29 is 4.79 Å². The summed E-state index contributed by atoms with van der Waals surface area (Å²) in [6.07, 6.45) is 4.29. The van der Waals surface area contributed by atoms with E-state index in [2.05, 4.69) is 30.7 Å². The molecule has 4 nitrogen and oxygen atoms in total. The highest BCUT2D eigenvalue weighted by Crippen LogP contribution is 2.25. The molecule has 1 N–H and O–H groups in total. The Kier molecular flexibility index (Phi) is 3.70. The van der Waals surface area contributed by atoms with Crippen molar-refractivity contribution in [2.75, 3.05) is 0 Å². The number of hydrogen-bond acceptors (Lipinski definition) is 2. The number of amides is 1. The molecular weight excluding hydrogens is 262 g/mol. The summed E-state index contributed by atoms with van der Waals surface area (Å²) in [5.41, 5.74) is 2.65. The van der Waals surface area contributed by atoms with Crippen molar-refractivity contribution in [1.29, 1.82) is 0 Å². The minimum atomic E-state index is 0.143. The van der Waals surface area contributed by atoms with Crippen LogP contribution in [-0.4, -0.2) is 32.9 Å². The molecule has 3 rings (SSSR count). The smallest absolute Gasteiger partial charge is 0.254 e. The van der Waals surface area contributed by atoms with Crippen molar-refractivity contribution in [3.05, 3.63) is 29.6 Å². The summed E-state index contributed by atoms with van der Waals surface area (Å²) in [6, 6.07) is 6.43. The number of H-pyrrole nitrogens is 1. The van der Waals surface area contributed by atoms with Gasteiger partial charge in [0.2, 0.25) is 0 Å². The number of rotatable bonds is 2. The predicted octanol–water partition coefficient (Wildman–Crippen LogP) is 3.53. The SMILES string of the molecule is CCc1nc2ccc(C(=O)N3C(C)CCCC3C)cc2[nH]1. The van der Waals surface area contributed by atoms with Crippen molar-refractivity contribution in [1.82, 2.24) is 14.9 Å². The summed E-state index contributed by atoms with van der Waals surface area (Å²) in [5, 5.41) is 0. The lowest BCUT2D eigenvalue weighted by Crippen LogP contribution is -2.47. The molecule has 2 unspecified atom stereocenters. The van der Waals surface area contributed by atoms with Gasteiger partial charge in [0, 0.05) is 24.1 Å². The number of aromatic amines is 1. The third-order valence-corrected chi connectivity index (χ3v) is 4.54. The van der Waals surface area contributed by atoms with Gasteiger partial charge in [0.05, 0.1) is 11.0 Å². The fourth-order valence-electron chi connectivity index (χ4n) is 3.33. The second-order valence-corrected chi connectivity index (χ2v) is 6.11.